The normalized spacial score (nSPS) is 12.7. The molecule has 0 aliphatic heterocycles. The van der Waals surface area contributed by atoms with E-state index < -0.39 is 30.1 Å². The van der Waals surface area contributed by atoms with E-state index >= 15 is 0 Å². The molecule has 160 valence electrons. The lowest BCUT2D eigenvalue weighted by atomic mass is 10.0. The Morgan fingerprint density at radius 2 is 1.67 bits per heavy atom. The van der Waals surface area contributed by atoms with E-state index in [1.165, 1.54) is 0 Å². The van der Waals surface area contributed by atoms with E-state index in [-0.39, 0.29) is 18.9 Å². The Bertz CT molecular complexity index is 873. The first-order valence-corrected chi connectivity index (χ1v) is 9.89. The zero-order valence-electron chi connectivity index (χ0n) is 16.8. The van der Waals surface area contributed by atoms with Gasteiger partial charge >= 0.3 is 12.1 Å². The molecule has 3 N–H and O–H groups in total. The largest absolute Gasteiger partial charge is 0.480 e. The number of nitrogens with one attached hydrogen (secondary N) is 2. The summed E-state index contributed by atoms with van der Waals surface area (Å²) in [6, 6.07) is 13.8. The fourth-order valence-electron chi connectivity index (χ4n) is 2.79. The summed E-state index contributed by atoms with van der Waals surface area (Å²) in [4.78, 5) is 36.5. The van der Waals surface area contributed by atoms with Crippen molar-refractivity contribution in [3.63, 3.8) is 0 Å². The van der Waals surface area contributed by atoms with Gasteiger partial charge in [-0.3, -0.25) is 4.79 Å². The number of carbonyl (C=O) groups is 3. The van der Waals surface area contributed by atoms with Crippen molar-refractivity contribution >= 4 is 29.6 Å². The van der Waals surface area contributed by atoms with Gasteiger partial charge < -0.3 is 20.5 Å². The van der Waals surface area contributed by atoms with Crippen LogP contribution in [0.2, 0.25) is 5.02 Å². The van der Waals surface area contributed by atoms with Crippen molar-refractivity contribution in [1.82, 2.24) is 10.6 Å². The van der Waals surface area contributed by atoms with Gasteiger partial charge in [0.15, 0.2) is 0 Å². The number of alkyl carbamates (subject to hydrolysis) is 1. The molecule has 2 amide bonds. The van der Waals surface area contributed by atoms with Crippen LogP contribution in [-0.4, -0.2) is 35.2 Å². The Balaban J connectivity index is 1.98. The average Bonchev–Trinajstić information content (AvgIpc) is 2.70. The summed E-state index contributed by atoms with van der Waals surface area (Å²) < 4.78 is 5.16. The van der Waals surface area contributed by atoms with E-state index in [0.29, 0.717) is 10.6 Å². The van der Waals surface area contributed by atoms with Crippen LogP contribution in [0.25, 0.3) is 0 Å². The standard InChI is InChI=1S/C22H25ClN2O5/c1-14(2)19(25-22(29)30-13-15-7-4-3-5-8-15)20(26)24-18(21(27)28)12-16-9-6-10-17(23)11-16/h3-11,14,18-19H,12-13H2,1-2H3,(H,24,26)(H,25,29)(H,27,28)/t18-,19-/m0/s1. The minimum Gasteiger partial charge on any atom is -0.480 e. The number of benzene rings is 2. The predicted molar refractivity (Wildman–Crippen MR) is 113 cm³/mol. The van der Waals surface area contributed by atoms with Crippen molar-refractivity contribution in [3.05, 3.63) is 70.7 Å². The topological polar surface area (TPSA) is 105 Å². The number of amides is 2. The second kappa shape index (κ2) is 11.2. The first-order chi connectivity index (χ1) is 14.3. The number of carbonyl (C=O) groups excluding carboxylic acids is 2. The van der Waals surface area contributed by atoms with Crippen molar-refractivity contribution in [3.8, 4) is 0 Å². The van der Waals surface area contributed by atoms with Crippen molar-refractivity contribution in [2.75, 3.05) is 0 Å². The summed E-state index contributed by atoms with van der Waals surface area (Å²) in [6.07, 6.45) is -0.695. The van der Waals surface area contributed by atoms with E-state index in [2.05, 4.69) is 10.6 Å². The van der Waals surface area contributed by atoms with Crippen molar-refractivity contribution in [1.29, 1.82) is 0 Å². The third-order valence-corrected chi connectivity index (χ3v) is 4.61. The average molecular weight is 433 g/mol. The SMILES string of the molecule is CC(C)[C@H](NC(=O)OCc1ccccc1)C(=O)N[C@@H](Cc1cccc(Cl)c1)C(=O)O. The Morgan fingerprint density at radius 1 is 1.00 bits per heavy atom. The molecule has 0 aliphatic carbocycles. The number of carboxylic acid groups (broad SMARTS) is 1. The number of hydrogen-bond donors (Lipinski definition) is 3. The Kier molecular flexibility index (Phi) is 8.68. The summed E-state index contributed by atoms with van der Waals surface area (Å²) in [5, 5.41) is 15.0. The fourth-order valence-corrected chi connectivity index (χ4v) is 3.00. The summed E-state index contributed by atoms with van der Waals surface area (Å²) in [6.45, 7) is 3.55. The molecule has 0 radical (unpaired) electrons. The first-order valence-electron chi connectivity index (χ1n) is 9.51. The molecule has 30 heavy (non-hydrogen) atoms. The van der Waals surface area contributed by atoms with Gasteiger partial charge in [0.2, 0.25) is 5.91 Å². The monoisotopic (exact) mass is 432 g/mol. The van der Waals surface area contributed by atoms with Gasteiger partial charge in [-0.15, -0.1) is 0 Å². The Hall–Kier alpha value is -3.06. The lowest BCUT2D eigenvalue weighted by Crippen LogP contribution is -2.54. The second-order valence-electron chi connectivity index (χ2n) is 7.16. The van der Waals surface area contributed by atoms with Crippen molar-refractivity contribution in [2.24, 2.45) is 5.92 Å². The molecule has 0 bridgehead atoms. The van der Waals surface area contributed by atoms with Crippen molar-refractivity contribution < 1.29 is 24.2 Å². The van der Waals surface area contributed by atoms with Crippen molar-refractivity contribution in [2.45, 2.75) is 39.0 Å². The molecule has 0 fully saturated rings. The number of halogens is 1. The van der Waals surface area contributed by atoms with Crippen LogP contribution in [-0.2, 0) is 27.4 Å². The molecule has 0 spiro atoms. The quantitative estimate of drug-likeness (QED) is 0.563. The van der Waals surface area contributed by atoms with Gasteiger partial charge in [0.05, 0.1) is 0 Å². The lowest BCUT2D eigenvalue weighted by Gasteiger charge is -2.24. The molecule has 8 heteroatoms. The molecule has 0 saturated heterocycles. The lowest BCUT2D eigenvalue weighted by molar-refractivity contribution is -0.142. The van der Waals surface area contributed by atoms with Gasteiger partial charge in [0.25, 0.3) is 0 Å². The van der Waals surface area contributed by atoms with E-state index in [1.54, 1.807) is 38.1 Å². The maximum Gasteiger partial charge on any atom is 0.408 e. The summed E-state index contributed by atoms with van der Waals surface area (Å²) >= 11 is 5.94. The molecule has 0 aliphatic rings. The number of carboxylic acids is 1. The highest BCUT2D eigenvalue weighted by atomic mass is 35.5. The van der Waals surface area contributed by atoms with Gasteiger partial charge in [-0.1, -0.05) is 67.9 Å². The van der Waals surface area contributed by atoms with Gasteiger partial charge in [-0.05, 0) is 29.2 Å². The van der Waals surface area contributed by atoms with Gasteiger partial charge in [-0.2, -0.15) is 0 Å². The van der Waals surface area contributed by atoms with E-state index in [4.69, 9.17) is 16.3 Å². The number of ether oxygens (including phenoxy) is 1. The van der Waals surface area contributed by atoms with Crippen LogP contribution in [0.3, 0.4) is 0 Å². The van der Waals surface area contributed by atoms with Crippen LogP contribution >= 0.6 is 11.6 Å². The Morgan fingerprint density at radius 3 is 2.27 bits per heavy atom. The minimum atomic E-state index is -1.18. The smallest absolute Gasteiger partial charge is 0.408 e. The summed E-state index contributed by atoms with van der Waals surface area (Å²) in [5.74, 6) is -2.07. The van der Waals surface area contributed by atoms with Crippen LogP contribution < -0.4 is 10.6 Å². The molecule has 2 aromatic rings. The van der Waals surface area contributed by atoms with Crippen LogP contribution in [0.1, 0.15) is 25.0 Å². The second-order valence-corrected chi connectivity index (χ2v) is 7.60. The molecular formula is C22H25ClN2O5. The van der Waals surface area contributed by atoms with E-state index in [0.717, 1.165) is 5.56 Å². The maximum absolute atomic E-state index is 12.7. The third kappa shape index (κ3) is 7.40. The molecule has 2 rings (SSSR count). The summed E-state index contributed by atoms with van der Waals surface area (Å²) in [7, 11) is 0. The fraction of sp³-hybridized carbons (Fsp3) is 0.318. The molecule has 0 unspecified atom stereocenters. The number of aliphatic carboxylic acids is 1. The minimum absolute atomic E-state index is 0.0604. The zero-order valence-corrected chi connectivity index (χ0v) is 17.6. The highest BCUT2D eigenvalue weighted by Crippen LogP contribution is 2.13. The summed E-state index contributed by atoms with van der Waals surface area (Å²) in [5.41, 5.74) is 1.48. The molecule has 2 aromatic carbocycles. The number of hydrogen-bond acceptors (Lipinski definition) is 4. The maximum atomic E-state index is 12.7. The van der Waals surface area contributed by atoms with Gasteiger partial charge in [0.1, 0.15) is 18.7 Å². The van der Waals surface area contributed by atoms with Gasteiger partial charge in [0, 0.05) is 11.4 Å². The molecule has 0 aromatic heterocycles. The van der Waals surface area contributed by atoms with E-state index in [1.807, 2.05) is 30.3 Å². The van der Waals surface area contributed by atoms with E-state index in [9.17, 15) is 19.5 Å². The highest BCUT2D eigenvalue weighted by molar-refractivity contribution is 6.30. The molecule has 7 nitrogen and oxygen atoms in total. The third-order valence-electron chi connectivity index (χ3n) is 4.38. The highest BCUT2D eigenvalue weighted by Gasteiger charge is 2.29. The van der Waals surface area contributed by atoms with Crippen LogP contribution in [0.4, 0.5) is 4.79 Å². The van der Waals surface area contributed by atoms with Crippen LogP contribution in [0, 0.1) is 5.92 Å². The van der Waals surface area contributed by atoms with Gasteiger partial charge in [-0.25, -0.2) is 9.59 Å². The molecule has 0 saturated carbocycles. The Labute approximate surface area is 180 Å². The predicted octanol–water partition coefficient (Wildman–Crippen LogP) is 3.40. The molecular weight excluding hydrogens is 408 g/mol. The first kappa shape index (κ1) is 23.2. The molecule has 2 atom stereocenters. The molecule has 0 heterocycles. The number of rotatable bonds is 9. The van der Waals surface area contributed by atoms with Crippen LogP contribution in [0.5, 0.6) is 0 Å². The van der Waals surface area contributed by atoms with Crippen LogP contribution in [0.15, 0.2) is 54.6 Å². The zero-order chi connectivity index (χ0) is 22.1.